The molecular weight excluding hydrogens is 252 g/mol. The number of phenols is 1. The van der Waals surface area contributed by atoms with Crippen molar-refractivity contribution < 1.29 is 9.90 Å². The van der Waals surface area contributed by atoms with Crippen molar-refractivity contribution in [2.45, 2.75) is 46.2 Å². The first-order valence-corrected chi connectivity index (χ1v) is 6.95. The number of hydrogen-bond acceptors (Lipinski definition) is 3. The fourth-order valence-corrected chi connectivity index (χ4v) is 2.26. The van der Waals surface area contributed by atoms with Gasteiger partial charge in [0.25, 0.3) is 0 Å². The summed E-state index contributed by atoms with van der Waals surface area (Å²) in [5.41, 5.74) is 7.06. The number of carbonyl (C=O) groups is 1. The van der Waals surface area contributed by atoms with E-state index in [1.54, 1.807) is 30.1 Å². The Labute approximate surface area is 121 Å². The molecule has 0 aliphatic carbocycles. The average Bonchev–Trinajstić information content (AvgIpc) is 2.25. The van der Waals surface area contributed by atoms with Crippen molar-refractivity contribution in [3.8, 4) is 5.75 Å². The van der Waals surface area contributed by atoms with E-state index in [2.05, 4.69) is 20.8 Å². The monoisotopic (exact) mass is 278 g/mol. The summed E-state index contributed by atoms with van der Waals surface area (Å²) in [5.74, 6) is 0.248. The highest BCUT2D eigenvalue weighted by Crippen LogP contribution is 2.21. The molecule has 0 spiro atoms. The minimum Gasteiger partial charge on any atom is -0.508 e. The van der Waals surface area contributed by atoms with Crippen LogP contribution in [-0.4, -0.2) is 29.0 Å². The first kappa shape index (κ1) is 16.5. The Bertz CT molecular complexity index is 452. The van der Waals surface area contributed by atoms with Gasteiger partial charge in [0, 0.05) is 26.1 Å². The molecule has 0 fully saturated rings. The summed E-state index contributed by atoms with van der Waals surface area (Å²) in [7, 11) is 1.76. The standard InChI is InChI=1S/C16H26N2O2/c1-16(2,3)10-13(17)9-15(20)18(4)11-12-6-5-7-14(19)8-12/h5-8,13,19H,9-11,17H2,1-4H3. The molecule has 3 N–H and O–H groups in total. The van der Waals surface area contributed by atoms with Crippen molar-refractivity contribution in [3.05, 3.63) is 29.8 Å². The van der Waals surface area contributed by atoms with Crippen molar-refractivity contribution >= 4 is 5.91 Å². The van der Waals surface area contributed by atoms with E-state index in [1.807, 2.05) is 6.07 Å². The molecule has 1 aromatic rings. The van der Waals surface area contributed by atoms with Crippen molar-refractivity contribution in [1.29, 1.82) is 0 Å². The molecule has 0 radical (unpaired) electrons. The lowest BCUT2D eigenvalue weighted by atomic mass is 9.87. The number of phenolic OH excluding ortho intramolecular Hbond substituents is 1. The van der Waals surface area contributed by atoms with Gasteiger partial charge in [-0.3, -0.25) is 4.79 Å². The maximum Gasteiger partial charge on any atom is 0.224 e. The molecule has 0 heterocycles. The van der Waals surface area contributed by atoms with E-state index in [4.69, 9.17) is 5.73 Å². The van der Waals surface area contributed by atoms with E-state index in [1.165, 1.54) is 0 Å². The fourth-order valence-electron chi connectivity index (χ4n) is 2.26. The maximum atomic E-state index is 12.1. The maximum absolute atomic E-state index is 12.1. The molecular formula is C16H26N2O2. The number of benzene rings is 1. The first-order valence-electron chi connectivity index (χ1n) is 6.95. The number of carbonyl (C=O) groups excluding carboxylic acids is 1. The predicted octanol–water partition coefficient (Wildman–Crippen LogP) is 2.50. The van der Waals surface area contributed by atoms with Gasteiger partial charge in [-0.15, -0.1) is 0 Å². The van der Waals surface area contributed by atoms with Crippen molar-refractivity contribution in [3.63, 3.8) is 0 Å². The van der Waals surface area contributed by atoms with Crippen molar-refractivity contribution in [2.75, 3.05) is 7.05 Å². The highest BCUT2D eigenvalue weighted by Gasteiger charge is 2.19. The van der Waals surface area contributed by atoms with Gasteiger partial charge in [-0.1, -0.05) is 32.9 Å². The number of nitrogens with two attached hydrogens (primary N) is 1. The Morgan fingerprint density at radius 1 is 1.40 bits per heavy atom. The Morgan fingerprint density at radius 3 is 2.60 bits per heavy atom. The zero-order valence-electron chi connectivity index (χ0n) is 12.9. The van der Waals surface area contributed by atoms with Crippen LogP contribution in [0.25, 0.3) is 0 Å². The van der Waals surface area contributed by atoms with Crippen LogP contribution in [-0.2, 0) is 11.3 Å². The van der Waals surface area contributed by atoms with Crippen LogP contribution in [0, 0.1) is 5.41 Å². The molecule has 0 aliphatic heterocycles. The van der Waals surface area contributed by atoms with Crippen LogP contribution in [0.1, 0.15) is 39.2 Å². The second-order valence-corrected chi connectivity index (χ2v) is 6.65. The third-order valence-electron chi connectivity index (χ3n) is 3.07. The summed E-state index contributed by atoms with van der Waals surface area (Å²) in [6, 6.07) is 6.82. The SMILES string of the molecule is CN(Cc1cccc(O)c1)C(=O)CC(N)CC(C)(C)C. The Kier molecular flexibility index (Phi) is 5.57. The first-order chi connectivity index (χ1) is 9.17. The smallest absolute Gasteiger partial charge is 0.224 e. The van der Waals surface area contributed by atoms with E-state index in [0.29, 0.717) is 13.0 Å². The summed E-state index contributed by atoms with van der Waals surface area (Å²) in [6.45, 7) is 6.84. The summed E-state index contributed by atoms with van der Waals surface area (Å²) in [6.07, 6.45) is 1.17. The number of rotatable bonds is 5. The van der Waals surface area contributed by atoms with Gasteiger partial charge in [0.15, 0.2) is 0 Å². The second-order valence-electron chi connectivity index (χ2n) is 6.65. The van der Waals surface area contributed by atoms with Crippen LogP contribution in [0.3, 0.4) is 0 Å². The van der Waals surface area contributed by atoms with Crippen molar-refractivity contribution in [1.82, 2.24) is 4.90 Å². The van der Waals surface area contributed by atoms with Crippen molar-refractivity contribution in [2.24, 2.45) is 11.1 Å². The van der Waals surface area contributed by atoms with Crippen LogP contribution >= 0.6 is 0 Å². The molecule has 0 saturated carbocycles. The average molecular weight is 278 g/mol. The molecule has 1 aromatic carbocycles. The van der Waals surface area contributed by atoms with Crippen LogP contribution in [0.4, 0.5) is 0 Å². The molecule has 1 atom stereocenters. The molecule has 112 valence electrons. The number of hydrogen-bond donors (Lipinski definition) is 2. The summed E-state index contributed by atoms with van der Waals surface area (Å²) in [5, 5.41) is 9.41. The Hall–Kier alpha value is -1.55. The minimum absolute atomic E-state index is 0.0325. The number of amides is 1. The predicted molar refractivity (Wildman–Crippen MR) is 81.2 cm³/mol. The summed E-state index contributed by atoms with van der Waals surface area (Å²) in [4.78, 5) is 13.8. The molecule has 1 unspecified atom stereocenters. The van der Waals surface area contributed by atoms with Gasteiger partial charge >= 0.3 is 0 Å². The van der Waals surface area contributed by atoms with E-state index < -0.39 is 0 Å². The van der Waals surface area contributed by atoms with Crippen LogP contribution < -0.4 is 5.73 Å². The molecule has 4 heteroatoms. The number of aromatic hydroxyl groups is 1. The third-order valence-corrected chi connectivity index (χ3v) is 3.07. The van der Waals surface area contributed by atoms with Crippen LogP contribution in [0.15, 0.2) is 24.3 Å². The number of nitrogens with zero attached hydrogens (tertiary/aromatic N) is 1. The minimum atomic E-state index is -0.117. The van der Waals surface area contributed by atoms with E-state index in [-0.39, 0.29) is 23.1 Å². The molecule has 0 aliphatic rings. The molecule has 1 amide bonds. The van der Waals surface area contributed by atoms with Gasteiger partial charge in [0.2, 0.25) is 5.91 Å². The van der Waals surface area contributed by atoms with E-state index in [0.717, 1.165) is 12.0 Å². The van der Waals surface area contributed by atoms with Gasteiger partial charge in [0.1, 0.15) is 5.75 Å². The van der Waals surface area contributed by atoms with E-state index in [9.17, 15) is 9.90 Å². The molecule has 0 aromatic heterocycles. The van der Waals surface area contributed by atoms with Crippen LogP contribution in [0.2, 0.25) is 0 Å². The molecule has 1 rings (SSSR count). The summed E-state index contributed by atoms with van der Waals surface area (Å²) >= 11 is 0. The summed E-state index contributed by atoms with van der Waals surface area (Å²) < 4.78 is 0. The highest BCUT2D eigenvalue weighted by atomic mass is 16.3. The largest absolute Gasteiger partial charge is 0.508 e. The third kappa shape index (κ3) is 6.06. The van der Waals surface area contributed by atoms with Gasteiger partial charge in [-0.05, 0) is 29.5 Å². The topological polar surface area (TPSA) is 66.6 Å². The highest BCUT2D eigenvalue weighted by molar-refractivity contribution is 5.76. The lowest BCUT2D eigenvalue weighted by Gasteiger charge is -2.25. The normalized spacial score (nSPS) is 13.1. The Morgan fingerprint density at radius 2 is 2.05 bits per heavy atom. The lowest BCUT2D eigenvalue weighted by molar-refractivity contribution is -0.130. The van der Waals surface area contributed by atoms with Crippen LogP contribution in [0.5, 0.6) is 5.75 Å². The molecule has 4 nitrogen and oxygen atoms in total. The Balaban J connectivity index is 2.51. The lowest BCUT2D eigenvalue weighted by Crippen LogP contribution is -2.35. The van der Waals surface area contributed by atoms with E-state index >= 15 is 0 Å². The second kappa shape index (κ2) is 6.75. The zero-order valence-corrected chi connectivity index (χ0v) is 12.9. The van der Waals surface area contributed by atoms with Gasteiger partial charge in [0.05, 0.1) is 0 Å². The van der Waals surface area contributed by atoms with Gasteiger partial charge in [-0.2, -0.15) is 0 Å². The molecule has 0 saturated heterocycles. The fraction of sp³-hybridized carbons (Fsp3) is 0.562. The molecule has 20 heavy (non-hydrogen) atoms. The van der Waals surface area contributed by atoms with Gasteiger partial charge < -0.3 is 15.7 Å². The quantitative estimate of drug-likeness (QED) is 0.869. The van der Waals surface area contributed by atoms with Gasteiger partial charge in [-0.25, -0.2) is 0 Å². The molecule has 0 bridgehead atoms. The zero-order chi connectivity index (χ0) is 15.3.